The Morgan fingerprint density at radius 3 is 1.47 bits per heavy atom. The third kappa shape index (κ3) is 13.4. The standard InChI is InChI=1S/C44H55F2O8P/c1-8-52-40(48)44(45,46)38-25-21-34(22-26-38)28-43(31-50-29-35-15-11-9-12-16-35,32-51-30-36-17-13-10-14-18-36)27-33-19-23-37(24-20-33)39(47)55(49,53-41(2,3)4)54-42(5,6)7/h9-26,39,47H,8,27-32H2,1-7H3. The highest BCUT2D eigenvalue weighted by Gasteiger charge is 2.44. The number of rotatable bonds is 19. The summed E-state index contributed by atoms with van der Waals surface area (Å²) in [6.07, 6.45) is 0.808. The molecule has 0 amide bonds. The van der Waals surface area contributed by atoms with E-state index in [-0.39, 0.29) is 19.8 Å². The molecule has 0 saturated heterocycles. The van der Waals surface area contributed by atoms with Gasteiger partial charge in [0.1, 0.15) is 0 Å². The maximum absolute atomic E-state index is 14.9. The van der Waals surface area contributed by atoms with Crippen molar-refractivity contribution in [2.75, 3.05) is 19.8 Å². The van der Waals surface area contributed by atoms with Crippen LogP contribution < -0.4 is 0 Å². The first kappa shape index (κ1) is 44.0. The van der Waals surface area contributed by atoms with E-state index in [9.17, 15) is 23.2 Å². The highest BCUT2D eigenvalue weighted by Crippen LogP contribution is 2.63. The fourth-order valence-electron chi connectivity index (χ4n) is 6.14. The van der Waals surface area contributed by atoms with E-state index in [0.29, 0.717) is 31.6 Å². The van der Waals surface area contributed by atoms with Gasteiger partial charge in [-0.1, -0.05) is 109 Å². The van der Waals surface area contributed by atoms with E-state index in [2.05, 4.69) is 4.74 Å². The van der Waals surface area contributed by atoms with Crippen LogP contribution in [0.1, 0.15) is 87.7 Å². The number of ether oxygens (including phenoxy) is 3. The monoisotopic (exact) mass is 780 g/mol. The fourth-order valence-corrected chi connectivity index (χ4v) is 8.44. The molecule has 1 atom stereocenters. The molecule has 55 heavy (non-hydrogen) atoms. The van der Waals surface area contributed by atoms with Crippen LogP contribution in [0.2, 0.25) is 0 Å². The molecule has 298 valence electrons. The van der Waals surface area contributed by atoms with Crippen molar-refractivity contribution in [3.05, 3.63) is 143 Å². The molecular weight excluding hydrogens is 725 g/mol. The summed E-state index contributed by atoms with van der Waals surface area (Å²) >= 11 is 0. The summed E-state index contributed by atoms with van der Waals surface area (Å²) in [5.74, 6) is -6.94. The molecule has 0 aromatic heterocycles. The fraction of sp³-hybridized carbons (Fsp3) is 0.432. The van der Waals surface area contributed by atoms with Gasteiger partial charge in [0.15, 0.2) is 5.85 Å². The molecule has 0 saturated carbocycles. The average molecular weight is 781 g/mol. The number of benzene rings is 4. The number of carbonyl (C=O) groups excluding carboxylic acids is 1. The third-order valence-corrected chi connectivity index (χ3v) is 10.9. The summed E-state index contributed by atoms with van der Waals surface area (Å²) < 4.78 is 73.1. The van der Waals surface area contributed by atoms with Crippen molar-refractivity contribution < 1.29 is 46.5 Å². The Morgan fingerprint density at radius 1 is 0.655 bits per heavy atom. The Balaban J connectivity index is 1.69. The molecule has 0 aliphatic carbocycles. The van der Waals surface area contributed by atoms with Crippen LogP contribution in [0.15, 0.2) is 109 Å². The molecule has 11 heteroatoms. The summed E-state index contributed by atoms with van der Waals surface area (Å²) in [6, 6.07) is 32.3. The van der Waals surface area contributed by atoms with E-state index in [0.717, 1.165) is 22.3 Å². The summed E-state index contributed by atoms with van der Waals surface area (Å²) in [7, 11) is -4.06. The quantitative estimate of drug-likeness (QED) is 0.0742. The van der Waals surface area contributed by atoms with Gasteiger partial charge in [0, 0.05) is 11.0 Å². The molecule has 0 aliphatic heterocycles. The van der Waals surface area contributed by atoms with Crippen LogP contribution in [-0.2, 0) is 64.6 Å². The molecule has 0 radical (unpaired) electrons. The van der Waals surface area contributed by atoms with Crippen LogP contribution in [0.5, 0.6) is 0 Å². The van der Waals surface area contributed by atoms with Gasteiger partial charge >= 0.3 is 19.5 Å². The SMILES string of the molecule is CCOC(=O)C(F)(F)c1ccc(CC(COCc2ccccc2)(COCc2ccccc2)Cc2ccc(C(O)P(=O)(OC(C)(C)C)OC(C)(C)C)cc2)cc1. The second-order valence-corrected chi connectivity index (χ2v) is 17.8. The van der Waals surface area contributed by atoms with Crippen molar-refractivity contribution in [1.82, 2.24) is 0 Å². The van der Waals surface area contributed by atoms with Crippen molar-refractivity contribution in [2.45, 2.75) is 97.5 Å². The van der Waals surface area contributed by atoms with Gasteiger partial charge in [-0.2, -0.15) is 8.78 Å². The lowest BCUT2D eigenvalue weighted by molar-refractivity contribution is -0.173. The maximum atomic E-state index is 14.9. The lowest BCUT2D eigenvalue weighted by atomic mass is 9.77. The van der Waals surface area contributed by atoms with Gasteiger partial charge in [-0.25, -0.2) is 4.79 Å². The van der Waals surface area contributed by atoms with Crippen LogP contribution in [0.3, 0.4) is 0 Å². The van der Waals surface area contributed by atoms with Gasteiger partial charge in [0.05, 0.1) is 44.2 Å². The summed E-state index contributed by atoms with van der Waals surface area (Å²) in [5.41, 5.74) is 1.08. The van der Waals surface area contributed by atoms with Crippen LogP contribution >= 0.6 is 7.60 Å². The molecule has 1 N–H and O–H groups in total. The van der Waals surface area contributed by atoms with Crippen molar-refractivity contribution >= 4 is 13.6 Å². The zero-order valence-electron chi connectivity index (χ0n) is 32.9. The third-order valence-electron chi connectivity index (χ3n) is 8.43. The summed E-state index contributed by atoms with van der Waals surface area (Å²) in [4.78, 5) is 12.0. The van der Waals surface area contributed by atoms with Crippen molar-refractivity contribution in [3.8, 4) is 0 Å². The molecule has 4 rings (SSSR count). The lowest BCUT2D eigenvalue weighted by Crippen LogP contribution is -2.37. The number of aliphatic hydroxyl groups excluding tert-OH is 1. The van der Waals surface area contributed by atoms with E-state index < -0.39 is 47.5 Å². The van der Waals surface area contributed by atoms with Gasteiger partial charge in [-0.15, -0.1) is 0 Å². The first-order valence-corrected chi connectivity index (χ1v) is 20.1. The molecule has 0 spiro atoms. The number of esters is 1. The van der Waals surface area contributed by atoms with E-state index in [4.69, 9.17) is 18.5 Å². The van der Waals surface area contributed by atoms with Gasteiger partial charge in [0.25, 0.3) is 0 Å². The molecule has 0 aliphatic rings. The van der Waals surface area contributed by atoms with Gasteiger partial charge < -0.3 is 28.4 Å². The molecule has 8 nitrogen and oxygen atoms in total. The van der Waals surface area contributed by atoms with Crippen LogP contribution in [0.25, 0.3) is 0 Å². The molecule has 1 unspecified atom stereocenters. The normalized spacial score (nSPS) is 13.4. The molecular formula is C44H55F2O8P. The number of alkyl halides is 2. The largest absolute Gasteiger partial charge is 0.461 e. The number of hydrogen-bond donors (Lipinski definition) is 1. The van der Waals surface area contributed by atoms with E-state index >= 15 is 0 Å². The zero-order valence-corrected chi connectivity index (χ0v) is 33.8. The lowest BCUT2D eigenvalue weighted by Gasteiger charge is -2.35. The van der Waals surface area contributed by atoms with Gasteiger partial charge in [-0.05, 0) is 89.1 Å². The molecule has 4 aromatic rings. The smallest absolute Gasteiger partial charge is 0.381 e. The van der Waals surface area contributed by atoms with Crippen LogP contribution in [0, 0.1) is 5.41 Å². The summed E-state index contributed by atoms with van der Waals surface area (Å²) in [5, 5.41) is 11.4. The Morgan fingerprint density at radius 2 is 1.07 bits per heavy atom. The van der Waals surface area contributed by atoms with Crippen LogP contribution in [0.4, 0.5) is 8.78 Å². The summed E-state index contributed by atoms with van der Waals surface area (Å²) in [6.45, 7) is 13.0. The Kier molecular flexibility index (Phi) is 15.1. The van der Waals surface area contributed by atoms with E-state index in [1.807, 2.05) is 72.8 Å². The topological polar surface area (TPSA) is 101 Å². The van der Waals surface area contributed by atoms with Crippen molar-refractivity contribution in [1.29, 1.82) is 0 Å². The molecule has 4 aromatic carbocycles. The van der Waals surface area contributed by atoms with E-state index in [1.54, 1.807) is 65.8 Å². The number of aliphatic hydroxyl groups is 1. The second kappa shape index (κ2) is 18.9. The number of halogens is 2. The first-order chi connectivity index (χ1) is 25.8. The minimum atomic E-state index is -4.06. The van der Waals surface area contributed by atoms with Gasteiger partial charge in [0.2, 0.25) is 0 Å². The Labute approximate surface area is 324 Å². The van der Waals surface area contributed by atoms with Crippen LogP contribution in [-0.4, -0.2) is 42.1 Å². The maximum Gasteiger partial charge on any atom is 0.381 e. The first-order valence-electron chi connectivity index (χ1n) is 18.5. The number of carbonyl (C=O) groups is 1. The highest BCUT2D eigenvalue weighted by atomic mass is 31.2. The predicted molar refractivity (Wildman–Crippen MR) is 210 cm³/mol. The predicted octanol–water partition coefficient (Wildman–Crippen LogP) is 10.4. The highest BCUT2D eigenvalue weighted by molar-refractivity contribution is 7.54. The molecule has 0 heterocycles. The number of hydrogen-bond acceptors (Lipinski definition) is 8. The zero-order chi connectivity index (χ0) is 40.3. The van der Waals surface area contributed by atoms with E-state index in [1.165, 1.54) is 19.1 Å². The molecule has 0 bridgehead atoms. The minimum Gasteiger partial charge on any atom is -0.461 e. The second-order valence-electron chi connectivity index (χ2n) is 15.9. The van der Waals surface area contributed by atoms with Gasteiger partial charge in [-0.3, -0.25) is 4.57 Å². The minimum absolute atomic E-state index is 0.157. The Bertz CT molecular complexity index is 1760. The molecule has 0 fully saturated rings. The average Bonchev–Trinajstić information content (AvgIpc) is 3.11. The Hall–Kier alpha value is -3.76. The van der Waals surface area contributed by atoms with Crippen molar-refractivity contribution in [2.24, 2.45) is 5.41 Å². The van der Waals surface area contributed by atoms with Crippen molar-refractivity contribution in [3.63, 3.8) is 0 Å².